The number of fused-ring (bicyclic) bond motifs is 4. The Hall–Kier alpha value is -1.15. The molecule has 16 atom stereocenters. The molecule has 11 heteroatoms. The van der Waals surface area contributed by atoms with Crippen LogP contribution in [0.4, 0.5) is 0 Å². The number of allylic oxidation sites excluding steroid dienone is 1. The van der Waals surface area contributed by atoms with E-state index in [4.69, 9.17) is 18.9 Å². The fraction of sp³-hybridized carbons (Fsp3) is 0.919. The van der Waals surface area contributed by atoms with Crippen LogP contribution in [0.1, 0.15) is 100 Å². The van der Waals surface area contributed by atoms with Gasteiger partial charge in [0.15, 0.2) is 18.2 Å². The maximum atomic E-state index is 12.6. The lowest BCUT2D eigenvalue weighted by Crippen LogP contribution is -2.61. The first-order valence-corrected chi connectivity index (χ1v) is 18.1. The Morgan fingerprint density at radius 3 is 2.40 bits per heavy atom. The predicted molar refractivity (Wildman–Crippen MR) is 172 cm³/mol. The lowest BCUT2D eigenvalue weighted by Gasteiger charge is -2.60. The molecule has 48 heavy (non-hydrogen) atoms. The molecule has 0 aromatic carbocycles. The molecule has 7 rings (SSSR count). The molecule has 2 heterocycles. The van der Waals surface area contributed by atoms with Crippen molar-refractivity contribution in [1.82, 2.24) is 0 Å². The van der Waals surface area contributed by atoms with Crippen molar-refractivity contribution in [1.29, 1.82) is 0 Å². The van der Waals surface area contributed by atoms with E-state index in [2.05, 4.69) is 40.7 Å². The zero-order chi connectivity index (χ0) is 35.2. The number of hydrogen-bond acceptors (Lipinski definition) is 11. The molecule has 2 saturated heterocycles. The SMILES string of the molecule is CC(=O)O[C@H]([C@H]1C[C@@H](C)[C@H]2[C@@](O)(O1)[C@H](O)[C@@]1(C)C3=CCC4C(C)(C)[C@@H](O[C@@H]5OC[C@@H](O)C(O)[C@@H]5O)CC[C@@]45C[C@@]35CC[C@]21C)C(C)(C)O. The summed E-state index contributed by atoms with van der Waals surface area (Å²) in [5.74, 6) is -2.63. The van der Waals surface area contributed by atoms with Crippen LogP contribution in [0.25, 0.3) is 0 Å². The molecule has 6 fully saturated rings. The van der Waals surface area contributed by atoms with Gasteiger partial charge in [-0.15, -0.1) is 0 Å². The second kappa shape index (κ2) is 10.7. The van der Waals surface area contributed by atoms with Crippen molar-refractivity contribution in [2.45, 2.75) is 161 Å². The summed E-state index contributed by atoms with van der Waals surface area (Å²) >= 11 is 0. The Kier molecular flexibility index (Phi) is 7.86. The first-order valence-electron chi connectivity index (χ1n) is 18.1. The standard InChI is InChI=1S/C37H58O11/c1-18-15-21(28(32(5,6)43)46-19(2)38)48-37(44)27(18)33(7)13-14-36-17-35(36)12-11-24(47-29-26(41)25(40)20(39)16-45-29)31(3,4)22(35)9-10-23(36)34(33,8)30(37)42/h10,18,20-22,24-30,39-44H,9,11-17H2,1-8H3/t18-,20-,21-,22?,24+,25?,26+,27-,28-,29+,30-,33-,34-,35-,36+,37-/m1/s1. The van der Waals surface area contributed by atoms with Crippen molar-refractivity contribution in [3.63, 3.8) is 0 Å². The van der Waals surface area contributed by atoms with E-state index < -0.39 is 71.1 Å². The molecule has 6 N–H and O–H groups in total. The minimum absolute atomic E-state index is 0.0129. The summed E-state index contributed by atoms with van der Waals surface area (Å²) in [4.78, 5) is 12.1. The highest BCUT2D eigenvalue weighted by atomic mass is 16.7. The summed E-state index contributed by atoms with van der Waals surface area (Å²) in [5.41, 5.74) is -1.83. The topological polar surface area (TPSA) is 175 Å². The number of carbonyl (C=O) groups excluding carboxylic acids is 1. The van der Waals surface area contributed by atoms with Gasteiger partial charge in [0.25, 0.3) is 0 Å². The highest BCUT2D eigenvalue weighted by Crippen LogP contribution is 2.88. The van der Waals surface area contributed by atoms with Gasteiger partial charge in [0.05, 0.1) is 18.3 Å². The third kappa shape index (κ3) is 4.35. The van der Waals surface area contributed by atoms with Crippen LogP contribution in [0.3, 0.4) is 0 Å². The van der Waals surface area contributed by atoms with Gasteiger partial charge in [0.1, 0.15) is 30.5 Å². The van der Waals surface area contributed by atoms with E-state index in [0.29, 0.717) is 6.42 Å². The molecule has 11 nitrogen and oxygen atoms in total. The number of hydrogen-bond donors (Lipinski definition) is 6. The van der Waals surface area contributed by atoms with Crippen molar-refractivity contribution >= 4 is 5.97 Å². The van der Waals surface area contributed by atoms with E-state index in [0.717, 1.165) is 38.5 Å². The van der Waals surface area contributed by atoms with Crippen LogP contribution < -0.4 is 0 Å². The van der Waals surface area contributed by atoms with Crippen molar-refractivity contribution in [3.8, 4) is 0 Å². The molecule has 0 amide bonds. The Labute approximate surface area is 284 Å². The molecule has 272 valence electrons. The van der Waals surface area contributed by atoms with Gasteiger partial charge in [-0.1, -0.05) is 46.3 Å². The number of carbonyl (C=O) groups is 1. The van der Waals surface area contributed by atoms with E-state index in [-0.39, 0.29) is 46.7 Å². The summed E-state index contributed by atoms with van der Waals surface area (Å²) in [6, 6.07) is 0. The molecule has 0 aromatic heterocycles. The molecule has 0 radical (unpaired) electrons. The number of esters is 1. The number of aliphatic hydroxyl groups is 6. The summed E-state index contributed by atoms with van der Waals surface area (Å²) in [7, 11) is 0. The first-order chi connectivity index (χ1) is 22.1. The summed E-state index contributed by atoms with van der Waals surface area (Å²) in [5, 5.41) is 66.9. The molecule has 2 aliphatic heterocycles. The Morgan fingerprint density at radius 1 is 1.06 bits per heavy atom. The van der Waals surface area contributed by atoms with Gasteiger partial charge in [-0.2, -0.15) is 0 Å². The van der Waals surface area contributed by atoms with Crippen molar-refractivity contribution in [2.75, 3.05) is 6.61 Å². The fourth-order valence-corrected chi connectivity index (χ4v) is 13.0. The minimum Gasteiger partial charge on any atom is -0.457 e. The van der Waals surface area contributed by atoms with Crippen molar-refractivity contribution in [2.24, 2.45) is 44.8 Å². The Bertz CT molecular complexity index is 1360. The summed E-state index contributed by atoms with van der Waals surface area (Å²) in [6.45, 7) is 15.2. The van der Waals surface area contributed by atoms with Crippen LogP contribution in [0.15, 0.2) is 11.6 Å². The third-order valence-electron chi connectivity index (χ3n) is 15.2. The van der Waals surface area contributed by atoms with Gasteiger partial charge in [-0.3, -0.25) is 4.79 Å². The van der Waals surface area contributed by atoms with Crippen LogP contribution in [0.5, 0.6) is 0 Å². The van der Waals surface area contributed by atoms with Gasteiger partial charge >= 0.3 is 5.97 Å². The zero-order valence-electron chi connectivity index (χ0n) is 29.8. The van der Waals surface area contributed by atoms with Crippen LogP contribution in [-0.4, -0.2) is 104 Å². The Morgan fingerprint density at radius 2 is 1.75 bits per heavy atom. The number of ether oxygens (including phenoxy) is 4. The molecular weight excluding hydrogens is 620 g/mol. The van der Waals surface area contributed by atoms with Gasteiger partial charge in [-0.05, 0) is 92.3 Å². The monoisotopic (exact) mass is 678 g/mol. The predicted octanol–water partition coefficient (Wildman–Crippen LogP) is 2.57. The average Bonchev–Trinajstić information content (AvgIpc) is 3.62. The first kappa shape index (κ1) is 35.3. The van der Waals surface area contributed by atoms with Crippen molar-refractivity contribution < 1.29 is 54.4 Å². The number of aliphatic hydroxyl groups excluding tert-OH is 4. The highest BCUT2D eigenvalue weighted by molar-refractivity contribution is 5.66. The fourth-order valence-electron chi connectivity index (χ4n) is 13.0. The molecule has 0 aromatic rings. The molecule has 7 aliphatic rings. The van der Waals surface area contributed by atoms with E-state index in [9.17, 15) is 35.4 Å². The molecular formula is C37H58O11. The lowest BCUT2D eigenvalue weighted by molar-refractivity contribution is -0.341. The van der Waals surface area contributed by atoms with Crippen LogP contribution in [0.2, 0.25) is 0 Å². The molecule has 4 saturated carbocycles. The zero-order valence-corrected chi connectivity index (χ0v) is 29.8. The van der Waals surface area contributed by atoms with E-state index in [1.54, 1.807) is 13.8 Å². The highest BCUT2D eigenvalue weighted by Gasteiger charge is 2.85. The third-order valence-corrected chi connectivity index (χ3v) is 15.2. The normalized spacial score (nSPS) is 54.4. The average molecular weight is 679 g/mol. The maximum absolute atomic E-state index is 12.6. The van der Waals surface area contributed by atoms with Gasteiger partial charge in [0, 0.05) is 18.3 Å². The van der Waals surface area contributed by atoms with Crippen LogP contribution >= 0.6 is 0 Å². The molecule has 0 bridgehead atoms. The van der Waals surface area contributed by atoms with E-state index >= 15 is 0 Å². The van der Waals surface area contributed by atoms with Crippen LogP contribution in [0, 0.1) is 44.8 Å². The quantitative estimate of drug-likeness (QED) is 0.186. The lowest BCUT2D eigenvalue weighted by atomic mass is 9.44. The minimum atomic E-state index is -1.90. The smallest absolute Gasteiger partial charge is 0.303 e. The number of rotatable bonds is 5. The van der Waals surface area contributed by atoms with Crippen LogP contribution in [-0.2, 0) is 23.7 Å². The Balaban J connectivity index is 1.20. The van der Waals surface area contributed by atoms with E-state index in [1.165, 1.54) is 12.5 Å². The molecule has 2 unspecified atom stereocenters. The van der Waals surface area contributed by atoms with Gasteiger partial charge < -0.3 is 49.6 Å². The van der Waals surface area contributed by atoms with E-state index in [1.807, 2.05) is 0 Å². The van der Waals surface area contributed by atoms with Crippen molar-refractivity contribution in [3.05, 3.63) is 11.6 Å². The maximum Gasteiger partial charge on any atom is 0.303 e. The second-order valence-corrected chi connectivity index (χ2v) is 18.4. The largest absolute Gasteiger partial charge is 0.457 e. The van der Waals surface area contributed by atoms with Gasteiger partial charge in [-0.25, -0.2) is 0 Å². The van der Waals surface area contributed by atoms with Gasteiger partial charge in [0.2, 0.25) is 0 Å². The summed E-state index contributed by atoms with van der Waals surface area (Å²) < 4.78 is 24.2. The molecule has 5 aliphatic carbocycles. The molecule has 2 spiro atoms. The second-order valence-electron chi connectivity index (χ2n) is 18.4. The summed E-state index contributed by atoms with van der Waals surface area (Å²) in [6.07, 6.45) is -0.0661.